The second kappa shape index (κ2) is 8.65. The Labute approximate surface area is 139 Å². The van der Waals surface area contributed by atoms with Gasteiger partial charge in [-0.25, -0.2) is 0 Å². The van der Waals surface area contributed by atoms with E-state index in [2.05, 4.69) is 28.2 Å². The first-order chi connectivity index (χ1) is 11.2. The van der Waals surface area contributed by atoms with Crippen LogP contribution in [0.5, 0.6) is 11.5 Å². The normalized spacial score (nSPS) is 18.7. The van der Waals surface area contributed by atoms with Crippen LogP contribution in [0.4, 0.5) is 0 Å². The van der Waals surface area contributed by atoms with Gasteiger partial charge in [0.15, 0.2) is 17.5 Å². The first-order valence-electron chi connectivity index (χ1n) is 8.34. The fourth-order valence-electron chi connectivity index (χ4n) is 3.07. The molecule has 5 nitrogen and oxygen atoms in total. The molecule has 1 aliphatic rings. The van der Waals surface area contributed by atoms with E-state index in [-0.39, 0.29) is 0 Å². The molecule has 1 atom stereocenters. The summed E-state index contributed by atoms with van der Waals surface area (Å²) in [4.78, 5) is 6.79. The number of rotatable bonds is 5. The van der Waals surface area contributed by atoms with Gasteiger partial charge in [0.2, 0.25) is 0 Å². The van der Waals surface area contributed by atoms with E-state index in [9.17, 15) is 0 Å². The molecule has 1 aromatic rings. The highest BCUT2D eigenvalue weighted by Crippen LogP contribution is 2.27. The highest BCUT2D eigenvalue weighted by molar-refractivity contribution is 5.80. The largest absolute Gasteiger partial charge is 0.493 e. The molecular formula is C18H29N3O2. The lowest BCUT2D eigenvalue weighted by Gasteiger charge is -2.33. The summed E-state index contributed by atoms with van der Waals surface area (Å²) in [6, 6.07) is 6.07. The van der Waals surface area contributed by atoms with Gasteiger partial charge in [0.05, 0.1) is 14.2 Å². The Morgan fingerprint density at radius 3 is 2.74 bits per heavy atom. The lowest BCUT2D eigenvalue weighted by atomic mass is 10.0. The van der Waals surface area contributed by atoms with E-state index in [1.54, 1.807) is 14.2 Å². The zero-order chi connectivity index (χ0) is 16.7. The third kappa shape index (κ3) is 4.78. The van der Waals surface area contributed by atoms with E-state index in [1.807, 2.05) is 19.2 Å². The van der Waals surface area contributed by atoms with E-state index in [4.69, 9.17) is 9.47 Å². The molecule has 1 fully saturated rings. The summed E-state index contributed by atoms with van der Waals surface area (Å²) in [6.07, 6.45) is 3.49. The van der Waals surface area contributed by atoms with Crippen LogP contribution in [0.15, 0.2) is 23.2 Å². The van der Waals surface area contributed by atoms with Crippen molar-refractivity contribution in [2.45, 2.75) is 26.2 Å². The molecule has 0 spiro atoms. The third-order valence-corrected chi connectivity index (χ3v) is 4.31. The minimum absolute atomic E-state index is 0.744. The van der Waals surface area contributed by atoms with Gasteiger partial charge < -0.3 is 19.7 Å². The Balaban J connectivity index is 1.88. The number of methoxy groups -OCH3 is 2. The standard InChI is InChI=1S/C18H29N3O2/c1-14-6-5-11-21(13-14)18(19-2)20-10-9-15-7-8-16(22-3)17(12-15)23-4/h7-8,12,14H,5-6,9-11,13H2,1-4H3,(H,19,20). The highest BCUT2D eigenvalue weighted by atomic mass is 16.5. The molecule has 0 amide bonds. The number of hydrogen-bond donors (Lipinski definition) is 1. The Morgan fingerprint density at radius 2 is 2.09 bits per heavy atom. The highest BCUT2D eigenvalue weighted by Gasteiger charge is 2.18. The van der Waals surface area contributed by atoms with Crippen molar-refractivity contribution in [3.63, 3.8) is 0 Å². The number of piperidine rings is 1. The van der Waals surface area contributed by atoms with Crippen molar-refractivity contribution in [3.8, 4) is 11.5 Å². The minimum Gasteiger partial charge on any atom is -0.493 e. The van der Waals surface area contributed by atoms with Gasteiger partial charge in [-0.3, -0.25) is 4.99 Å². The van der Waals surface area contributed by atoms with Crippen LogP contribution >= 0.6 is 0 Å². The molecule has 0 saturated carbocycles. The number of nitrogens with one attached hydrogen (secondary N) is 1. The summed E-state index contributed by atoms with van der Waals surface area (Å²) < 4.78 is 10.6. The molecule has 0 aliphatic carbocycles. The molecule has 2 rings (SSSR count). The zero-order valence-electron chi connectivity index (χ0n) is 14.8. The Kier molecular flexibility index (Phi) is 6.56. The van der Waals surface area contributed by atoms with E-state index in [1.165, 1.54) is 18.4 Å². The monoisotopic (exact) mass is 319 g/mol. The van der Waals surface area contributed by atoms with Crippen LogP contribution in [-0.4, -0.2) is 51.8 Å². The average molecular weight is 319 g/mol. The van der Waals surface area contributed by atoms with Gasteiger partial charge >= 0.3 is 0 Å². The maximum Gasteiger partial charge on any atom is 0.193 e. The van der Waals surface area contributed by atoms with Crippen molar-refractivity contribution < 1.29 is 9.47 Å². The lowest BCUT2D eigenvalue weighted by Crippen LogP contribution is -2.46. The molecule has 1 aliphatic heterocycles. The minimum atomic E-state index is 0.744. The molecule has 1 saturated heterocycles. The Hall–Kier alpha value is -1.91. The second-order valence-electron chi connectivity index (χ2n) is 6.11. The molecule has 128 valence electrons. The number of likely N-dealkylation sites (tertiary alicyclic amines) is 1. The summed E-state index contributed by atoms with van der Waals surface area (Å²) >= 11 is 0. The van der Waals surface area contributed by atoms with Gasteiger partial charge in [-0.15, -0.1) is 0 Å². The quantitative estimate of drug-likeness (QED) is 0.669. The molecule has 1 unspecified atom stereocenters. The number of benzene rings is 1. The van der Waals surface area contributed by atoms with Crippen molar-refractivity contribution in [1.82, 2.24) is 10.2 Å². The van der Waals surface area contributed by atoms with E-state index >= 15 is 0 Å². The third-order valence-electron chi connectivity index (χ3n) is 4.31. The maximum absolute atomic E-state index is 5.36. The smallest absolute Gasteiger partial charge is 0.193 e. The van der Waals surface area contributed by atoms with Crippen LogP contribution in [0.1, 0.15) is 25.3 Å². The molecule has 1 heterocycles. The van der Waals surface area contributed by atoms with Crippen LogP contribution in [0.3, 0.4) is 0 Å². The summed E-state index contributed by atoms with van der Waals surface area (Å²) in [5.41, 5.74) is 1.22. The van der Waals surface area contributed by atoms with Gasteiger partial charge in [0, 0.05) is 26.7 Å². The molecular weight excluding hydrogens is 290 g/mol. The Morgan fingerprint density at radius 1 is 1.30 bits per heavy atom. The first kappa shape index (κ1) is 17.4. The van der Waals surface area contributed by atoms with Crippen LogP contribution in [0.25, 0.3) is 0 Å². The van der Waals surface area contributed by atoms with Gasteiger partial charge in [-0.2, -0.15) is 0 Å². The number of hydrogen-bond acceptors (Lipinski definition) is 3. The van der Waals surface area contributed by atoms with Crippen molar-refractivity contribution in [3.05, 3.63) is 23.8 Å². The number of ether oxygens (including phenoxy) is 2. The van der Waals surface area contributed by atoms with Gasteiger partial charge in [-0.1, -0.05) is 13.0 Å². The summed E-state index contributed by atoms with van der Waals surface area (Å²) in [5.74, 6) is 3.30. The zero-order valence-corrected chi connectivity index (χ0v) is 14.8. The van der Waals surface area contributed by atoms with E-state index < -0.39 is 0 Å². The van der Waals surface area contributed by atoms with Crippen LogP contribution in [0.2, 0.25) is 0 Å². The summed E-state index contributed by atoms with van der Waals surface area (Å²) in [6.45, 7) is 5.35. The van der Waals surface area contributed by atoms with Gasteiger partial charge in [0.25, 0.3) is 0 Å². The number of aliphatic imine (C=N–C) groups is 1. The fraction of sp³-hybridized carbons (Fsp3) is 0.611. The van der Waals surface area contributed by atoms with Crippen molar-refractivity contribution in [1.29, 1.82) is 0 Å². The molecule has 0 bridgehead atoms. The number of nitrogens with zero attached hydrogens (tertiary/aromatic N) is 2. The van der Waals surface area contributed by atoms with Crippen LogP contribution in [-0.2, 0) is 6.42 Å². The molecule has 5 heteroatoms. The maximum atomic E-state index is 5.36. The summed E-state index contributed by atoms with van der Waals surface area (Å²) in [5, 5.41) is 3.48. The molecule has 1 aromatic carbocycles. The van der Waals surface area contributed by atoms with Crippen LogP contribution in [0, 0.1) is 5.92 Å². The molecule has 0 radical (unpaired) electrons. The van der Waals surface area contributed by atoms with Gasteiger partial charge in [0.1, 0.15) is 0 Å². The van der Waals surface area contributed by atoms with Gasteiger partial charge in [-0.05, 0) is 42.9 Å². The van der Waals surface area contributed by atoms with E-state index in [0.717, 1.165) is 49.4 Å². The van der Waals surface area contributed by atoms with Crippen molar-refractivity contribution >= 4 is 5.96 Å². The Bertz CT molecular complexity index is 531. The lowest BCUT2D eigenvalue weighted by molar-refractivity contribution is 0.266. The average Bonchev–Trinajstić information content (AvgIpc) is 2.58. The van der Waals surface area contributed by atoms with Crippen molar-refractivity contribution in [2.24, 2.45) is 10.9 Å². The molecule has 1 N–H and O–H groups in total. The summed E-state index contributed by atoms with van der Waals surface area (Å²) in [7, 11) is 5.18. The van der Waals surface area contributed by atoms with Crippen molar-refractivity contribution in [2.75, 3.05) is 40.9 Å². The molecule has 0 aromatic heterocycles. The predicted octanol–water partition coefficient (Wildman–Crippen LogP) is 2.55. The number of guanidine groups is 1. The fourth-order valence-corrected chi connectivity index (χ4v) is 3.07. The first-order valence-corrected chi connectivity index (χ1v) is 8.34. The second-order valence-corrected chi connectivity index (χ2v) is 6.11. The SMILES string of the molecule is CN=C(NCCc1ccc(OC)c(OC)c1)N1CCCC(C)C1. The van der Waals surface area contributed by atoms with E-state index in [0.29, 0.717) is 0 Å². The predicted molar refractivity (Wildman–Crippen MR) is 94.6 cm³/mol. The van der Waals surface area contributed by atoms with Crippen LogP contribution < -0.4 is 14.8 Å². The topological polar surface area (TPSA) is 46.1 Å². The molecule has 23 heavy (non-hydrogen) atoms.